The normalized spacial score (nSPS) is 12.8. The Hall–Kier alpha value is -2.83. The molecule has 0 aliphatic heterocycles. The smallest absolute Gasteiger partial charge is 0.410 e. The number of rotatable bonds is 7. The molecule has 0 heterocycles. The van der Waals surface area contributed by atoms with Crippen LogP contribution in [0, 0.1) is 0 Å². The third kappa shape index (κ3) is 4.60. The molecule has 1 amide bonds. The van der Waals surface area contributed by atoms with Gasteiger partial charge in [-0.25, -0.2) is 9.59 Å². The van der Waals surface area contributed by atoms with Crippen LogP contribution in [0.15, 0.2) is 61.2 Å². The summed E-state index contributed by atoms with van der Waals surface area (Å²) in [5, 5.41) is 0. The number of amides is 1. The summed E-state index contributed by atoms with van der Waals surface area (Å²) in [6, 6.07) is 15.3. The zero-order valence-corrected chi connectivity index (χ0v) is 17.1. The van der Waals surface area contributed by atoms with Crippen molar-refractivity contribution in [3.05, 3.63) is 72.3 Å². The molecule has 29 heavy (non-hydrogen) atoms. The topological polar surface area (TPSA) is 81.9 Å². The van der Waals surface area contributed by atoms with Crippen LogP contribution in [0.3, 0.4) is 0 Å². The average Bonchev–Trinajstić information content (AvgIpc) is 3.04. The van der Waals surface area contributed by atoms with Crippen molar-refractivity contribution in [3.8, 4) is 11.1 Å². The van der Waals surface area contributed by atoms with Gasteiger partial charge in [0.25, 0.3) is 0 Å². The Labute approximate surface area is 176 Å². The average molecular weight is 417 g/mol. The van der Waals surface area contributed by atoms with E-state index >= 15 is 0 Å². The Bertz CT molecular complexity index is 841. The summed E-state index contributed by atoms with van der Waals surface area (Å²) in [5.41, 5.74) is 10.2. The number of nitrogens with two attached hydrogens (primary N) is 1. The minimum Gasteiger partial charge on any atom is -0.460 e. The Morgan fingerprint density at radius 1 is 1.10 bits per heavy atom. The van der Waals surface area contributed by atoms with Crippen molar-refractivity contribution in [2.75, 3.05) is 26.8 Å². The Balaban J connectivity index is 0.00000300. The van der Waals surface area contributed by atoms with E-state index < -0.39 is 18.1 Å². The highest BCUT2D eigenvalue weighted by Crippen LogP contribution is 2.44. The van der Waals surface area contributed by atoms with Crippen LogP contribution >= 0.6 is 12.4 Å². The van der Waals surface area contributed by atoms with Gasteiger partial charge in [-0.05, 0) is 22.3 Å². The quantitative estimate of drug-likeness (QED) is 0.553. The molecule has 2 N–H and O–H groups in total. The van der Waals surface area contributed by atoms with Crippen molar-refractivity contribution < 1.29 is 19.1 Å². The van der Waals surface area contributed by atoms with Gasteiger partial charge < -0.3 is 15.2 Å². The molecule has 0 aromatic heterocycles. The van der Waals surface area contributed by atoms with Gasteiger partial charge in [0, 0.05) is 19.5 Å². The molecular weight excluding hydrogens is 392 g/mol. The summed E-state index contributed by atoms with van der Waals surface area (Å²) in [7, 11) is 1.48. The summed E-state index contributed by atoms with van der Waals surface area (Å²) in [6.07, 6.45) is 0.839. The van der Waals surface area contributed by atoms with Crippen molar-refractivity contribution >= 4 is 24.5 Å². The zero-order chi connectivity index (χ0) is 20.1. The fourth-order valence-corrected chi connectivity index (χ4v) is 3.47. The number of hydrogen-bond donors (Lipinski definition) is 1. The molecule has 0 spiro atoms. The van der Waals surface area contributed by atoms with Gasteiger partial charge >= 0.3 is 12.1 Å². The molecule has 154 valence electrons. The van der Waals surface area contributed by atoms with E-state index in [-0.39, 0.29) is 38.1 Å². The van der Waals surface area contributed by atoms with Crippen LogP contribution in [0.1, 0.15) is 17.0 Å². The monoisotopic (exact) mass is 416 g/mol. The molecule has 0 saturated carbocycles. The van der Waals surface area contributed by atoms with E-state index in [9.17, 15) is 9.59 Å². The number of hydrogen-bond acceptors (Lipinski definition) is 5. The maximum absolute atomic E-state index is 12.5. The van der Waals surface area contributed by atoms with Gasteiger partial charge in [0.1, 0.15) is 19.3 Å². The largest absolute Gasteiger partial charge is 0.460 e. The lowest BCUT2D eigenvalue weighted by atomic mass is 9.98. The fourth-order valence-electron chi connectivity index (χ4n) is 3.47. The van der Waals surface area contributed by atoms with Crippen molar-refractivity contribution in [3.63, 3.8) is 0 Å². The number of carbonyl (C=O) groups is 2. The molecule has 0 bridgehead atoms. The van der Waals surface area contributed by atoms with E-state index in [0.29, 0.717) is 0 Å². The summed E-state index contributed by atoms with van der Waals surface area (Å²) in [6.45, 7) is 3.68. The molecular formula is C22H25ClN2O4. The Morgan fingerprint density at radius 2 is 1.66 bits per heavy atom. The first-order valence-electron chi connectivity index (χ1n) is 9.13. The van der Waals surface area contributed by atoms with Crippen LogP contribution in [0.4, 0.5) is 4.79 Å². The number of fused-ring (bicyclic) bond motifs is 3. The van der Waals surface area contributed by atoms with E-state index in [4.69, 9.17) is 15.2 Å². The predicted octanol–water partition coefficient (Wildman–Crippen LogP) is 3.35. The van der Waals surface area contributed by atoms with Crippen LogP contribution < -0.4 is 5.73 Å². The van der Waals surface area contributed by atoms with E-state index in [1.54, 1.807) is 0 Å². The highest BCUT2D eigenvalue weighted by molar-refractivity contribution is 5.85. The van der Waals surface area contributed by atoms with Crippen LogP contribution in [0.25, 0.3) is 11.1 Å². The second-order valence-corrected chi connectivity index (χ2v) is 6.59. The van der Waals surface area contributed by atoms with Crippen molar-refractivity contribution in [1.82, 2.24) is 4.90 Å². The number of benzene rings is 2. The van der Waals surface area contributed by atoms with Gasteiger partial charge in [0.15, 0.2) is 0 Å². The van der Waals surface area contributed by atoms with Gasteiger partial charge in [-0.2, -0.15) is 0 Å². The third-order valence-corrected chi connectivity index (χ3v) is 4.93. The second kappa shape index (κ2) is 10.1. The van der Waals surface area contributed by atoms with E-state index in [2.05, 4.69) is 18.7 Å². The highest BCUT2D eigenvalue weighted by atomic mass is 35.5. The summed E-state index contributed by atoms with van der Waals surface area (Å²) in [5.74, 6) is -0.632. The molecule has 0 radical (unpaired) electrons. The number of nitrogens with zero attached hydrogens (tertiary/aromatic N) is 1. The molecule has 0 unspecified atom stereocenters. The third-order valence-electron chi connectivity index (χ3n) is 4.93. The molecule has 2 aromatic rings. The molecule has 2 aromatic carbocycles. The van der Waals surface area contributed by atoms with E-state index in [0.717, 1.165) is 22.3 Å². The first kappa shape index (κ1) is 22.5. The molecule has 0 fully saturated rings. The molecule has 0 saturated heterocycles. The number of esters is 1. The number of ether oxygens (including phenoxy) is 2. The minimum absolute atomic E-state index is 0. The minimum atomic E-state index is -0.907. The lowest BCUT2D eigenvalue weighted by Gasteiger charge is -2.25. The van der Waals surface area contributed by atoms with Gasteiger partial charge in [-0.15, -0.1) is 12.4 Å². The molecule has 7 heteroatoms. The maximum atomic E-state index is 12.5. The van der Waals surface area contributed by atoms with Crippen LogP contribution in [-0.4, -0.2) is 49.8 Å². The lowest BCUT2D eigenvalue weighted by Crippen LogP contribution is -2.48. The molecule has 1 atom stereocenters. The fraction of sp³-hybridized carbons (Fsp3) is 0.273. The van der Waals surface area contributed by atoms with Crippen LogP contribution in [-0.2, 0) is 14.3 Å². The molecule has 1 aliphatic carbocycles. The Kier molecular flexibility index (Phi) is 7.82. The van der Waals surface area contributed by atoms with E-state index in [1.165, 1.54) is 18.0 Å². The van der Waals surface area contributed by atoms with Gasteiger partial charge in [-0.1, -0.05) is 61.2 Å². The zero-order valence-electron chi connectivity index (χ0n) is 16.2. The number of likely N-dealkylation sites (N-methyl/N-ethyl adjacent to an activating group) is 1. The first-order valence-corrected chi connectivity index (χ1v) is 9.13. The van der Waals surface area contributed by atoms with Gasteiger partial charge in [0.2, 0.25) is 0 Å². The Morgan fingerprint density at radius 3 is 2.17 bits per heavy atom. The summed E-state index contributed by atoms with van der Waals surface area (Å²) < 4.78 is 10.5. The SMILES string of the molecule is C=CCOC(=O)[C@H](CN)N(C)C(=O)OCC1c2ccccc2-c2ccccc21.Cl. The van der Waals surface area contributed by atoms with Gasteiger partial charge in [0.05, 0.1) is 0 Å². The maximum Gasteiger partial charge on any atom is 0.410 e. The number of carbonyl (C=O) groups excluding carboxylic acids is 2. The lowest BCUT2D eigenvalue weighted by molar-refractivity contribution is -0.147. The van der Waals surface area contributed by atoms with Crippen LogP contribution in [0.2, 0.25) is 0 Å². The summed E-state index contributed by atoms with van der Waals surface area (Å²) in [4.78, 5) is 25.8. The van der Waals surface area contributed by atoms with Gasteiger partial charge in [-0.3, -0.25) is 4.90 Å². The molecule has 1 aliphatic rings. The predicted molar refractivity (Wildman–Crippen MR) is 114 cm³/mol. The summed E-state index contributed by atoms with van der Waals surface area (Å²) >= 11 is 0. The molecule has 3 rings (SSSR count). The van der Waals surface area contributed by atoms with Crippen molar-refractivity contribution in [2.24, 2.45) is 5.73 Å². The van der Waals surface area contributed by atoms with E-state index in [1.807, 2.05) is 36.4 Å². The van der Waals surface area contributed by atoms with Crippen molar-refractivity contribution in [1.29, 1.82) is 0 Å². The molecule has 6 nitrogen and oxygen atoms in total. The van der Waals surface area contributed by atoms with Crippen LogP contribution in [0.5, 0.6) is 0 Å². The van der Waals surface area contributed by atoms with Crippen molar-refractivity contribution in [2.45, 2.75) is 12.0 Å². The standard InChI is InChI=1S/C22H24N2O4.ClH/c1-3-12-27-21(25)20(13-23)24(2)22(26)28-14-19-17-10-6-4-8-15(17)16-9-5-7-11-18(16)19;/h3-11,19-20H,1,12-14,23H2,2H3;1H/t20-;/m0./s1. The first-order chi connectivity index (χ1) is 13.6. The number of halogens is 1. The highest BCUT2D eigenvalue weighted by Gasteiger charge is 2.31. The second-order valence-electron chi connectivity index (χ2n) is 6.59.